The molecule has 1 aromatic heterocycles. The third-order valence-corrected chi connectivity index (χ3v) is 3.98. The van der Waals surface area contributed by atoms with Gasteiger partial charge in [-0.3, -0.25) is 4.79 Å². The van der Waals surface area contributed by atoms with Gasteiger partial charge in [0.15, 0.2) is 0 Å². The number of carbonyl (C=O) groups excluding carboxylic acids is 1. The number of aromatic nitrogens is 2. The monoisotopic (exact) mass is 379 g/mol. The Morgan fingerprint density at radius 2 is 1.68 bits per heavy atom. The Balaban J connectivity index is 1.52. The third kappa shape index (κ3) is 5.51. The Bertz CT molecular complexity index is 942. The first-order chi connectivity index (χ1) is 13.5. The summed E-state index contributed by atoms with van der Waals surface area (Å²) in [6.07, 6.45) is 0. The summed E-state index contributed by atoms with van der Waals surface area (Å²) in [5.41, 5.74) is 3.37. The van der Waals surface area contributed by atoms with Gasteiger partial charge in [0.05, 0.1) is 0 Å². The standard InChI is InChI=1S/C21H22FN5O/c1-14-3-9-18(10-4-14)26-19-13-15(2)25-21(27-19)24-12-11-23-20(28)16-5-7-17(22)8-6-16/h3-10,13H,11-12H2,1-2H3,(H,23,28)(H2,24,25,26,27). The second-order valence-corrected chi connectivity index (χ2v) is 6.40. The van der Waals surface area contributed by atoms with Gasteiger partial charge in [0.2, 0.25) is 5.95 Å². The summed E-state index contributed by atoms with van der Waals surface area (Å²) in [6, 6.07) is 15.3. The van der Waals surface area contributed by atoms with E-state index in [-0.39, 0.29) is 11.7 Å². The van der Waals surface area contributed by atoms with Gasteiger partial charge in [-0.15, -0.1) is 0 Å². The first-order valence-electron chi connectivity index (χ1n) is 8.96. The van der Waals surface area contributed by atoms with E-state index in [2.05, 4.69) is 25.9 Å². The summed E-state index contributed by atoms with van der Waals surface area (Å²) in [4.78, 5) is 20.8. The highest BCUT2D eigenvalue weighted by molar-refractivity contribution is 5.94. The van der Waals surface area contributed by atoms with Crippen LogP contribution >= 0.6 is 0 Å². The predicted octanol–water partition coefficient (Wildman–Crippen LogP) is 3.82. The molecule has 3 rings (SSSR count). The number of hydrogen-bond acceptors (Lipinski definition) is 5. The number of aryl methyl sites for hydroxylation is 2. The van der Waals surface area contributed by atoms with Gasteiger partial charge in [0, 0.05) is 36.1 Å². The number of carbonyl (C=O) groups is 1. The van der Waals surface area contributed by atoms with E-state index in [0.717, 1.165) is 11.4 Å². The molecular formula is C21H22FN5O. The van der Waals surface area contributed by atoms with Crippen LogP contribution in [0.25, 0.3) is 0 Å². The van der Waals surface area contributed by atoms with E-state index in [1.807, 2.05) is 44.2 Å². The van der Waals surface area contributed by atoms with Gasteiger partial charge < -0.3 is 16.0 Å². The van der Waals surface area contributed by atoms with Crippen molar-refractivity contribution in [2.45, 2.75) is 13.8 Å². The number of hydrogen-bond donors (Lipinski definition) is 3. The second kappa shape index (κ2) is 8.94. The highest BCUT2D eigenvalue weighted by Crippen LogP contribution is 2.17. The van der Waals surface area contributed by atoms with Gasteiger partial charge in [-0.2, -0.15) is 4.98 Å². The quantitative estimate of drug-likeness (QED) is 0.544. The van der Waals surface area contributed by atoms with E-state index < -0.39 is 0 Å². The number of nitrogens with one attached hydrogen (secondary N) is 3. The summed E-state index contributed by atoms with van der Waals surface area (Å²) in [5.74, 6) is 0.540. The smallest absolute Gasteiger partial charge is 0.251 e. The van der Waals surface area contributed by atoms with Crippen molar-refractivity contribution in [1.29, 1.82) is 0 Å². The van der Waals surface area contributed by atoms with Gasteiger partial charge in [-0.1, -0.05) is 17.7 Å². The van der Waals surface area contributed by atoms with Crippen molar-refractivity contribution in [3.05, 3.63) is 77.2 Å². The van der Waals surface area contributed by atoms with E-state index in [0.29, 0.717) is 30.4 Å². The minimum atomic E-state index is -0.370. The van der Waals surface area contributed by atoms with Gasteiger partial charge >= 0.3 is 0 Å². The average molecular weight is 379 g/mol. The molecule has 0 saturated heterocycles. The van der Waals surface area contributed by atoms with E-state index in [1.165, 1.54) is 29.8 Å². The minimum absolute atomic E-state index is 0.256. The molecule has 2 aromatic carbocycles. The van der Waals surface area contributed by atoms with Crippen molar-refractivity contribution in [3.63, 3.8) is 0 Å². The lowest BCUT2D eigenvalue weighted by Gasteiger charge is -2.11. The maximum Gasteiger partial charge on any atom is 0.251 e. The molecular weight excluding hydrogens is 357 g/mol. The Labute approximate surface area is 163 Å². The Morgan fingerprint density at radius 3 is 2.39 bits per heavy atom. The molecule has 0 fully saturated rings. The molecule has 3 N–H and O–H groups in total. The van der Waals surface area contributed by atoms with Crippen LogP contribution in [0.3, 0.4) is 0 Å². The fourth-order valence-corrected chi connectivity index (χ4v) is 2.55. The van der Waals surface area contributed by atoms with Crippen molar-refractivity contribution in [2.24, 2.45) is 0 Å². The van der Waals surface area contributed by atoms with Crippen molar-refractivity contribution >= 4 is 23.4 Å². The maximum absolute atomic E-state index is 12.9. The van der Waals surface area contributed by atoms with Crippen LogP contribution in [0.1, 0.15) is 21.6 Å². The Hall–Kier alpha value is -3.48. The molecule has 0 atom stereocenters. The molecule has 0 saturated carbocycles. The van der Waals surface area contributed by atoms with Crippen LogP contribution < -0.4 is 16.0 Å². The van der Waals surface area contributed by atoms with Gasteiger partial charge in [0.25, 0.3) is 5.91 Å². The normalized spacial score (nSPS) is 10.4. The van der Waals surface area contributed by atoms with Crippen LogP contribution in [-0.4, -0.2) is 29.0 Å². The fourth-order valence-electron chi connectivity index (χ4n) is 2.55. The number of rotatable bonds is 7. The lowest BCUT2D eigenvalue weighted by molar-refractivity contribution is 0.0955. The second-order valence-electron chi connectivity index (χ2n) is 6.40. The SMILES string of the molecule is Cc1ccc(Nc2cc(C)nc(NCCNC(=O)c3ccc(F)cc3)n2)cc1. The molecule has 28 heavy (non-hydrogen) atoms. The average Bonchev–Trinajstić information content (AvgIpc) is 2.67. The third-order valence-electron chi connectivity index (χ3n) is 3.98. The number of anilines is 3. The molecule has 144 valence electrons. The zero-order chi connectivity index (χ0) is 19.9. The van der Waals surface area contributed by atoms with E-state index in [9.17, 15) is 9.18 Å². The molecule has 0 aliphatic rings. The van der Waals surface area contributed by atoms with Gasteiger partial charge in [0.1, 0.15) is 11.6 Å². The Morgan fingerprint density at radius 1 is 0.964 bits per heavy atom. The fraction of sp³-hybridized carbons (Fsp3) is 0.190. The number of amides is 1. The molecule has 0 spiro atoms. The van der Waals surface area contributed by atoms with Crippen LogP contribution in [0.15, 0.2) is 54.6 Å². The molecule has 0 unspecified atom stereocenters. The topological polar surface area (TPSA) is 78.9 Å². The lowest BCUT2D eigenvalue weighted by atomic mass is 10.2. The minimum Gasteiger partial charge on any atom is -0.352 e. The molecule has 6 nitrogen and oxygen atoms in total. The maximum atomic E-state index is 12.9. The molecule has 0 radical (unpaired) electrons. The number of benzene rings is 2. The van der Waals surface area contributed by atoms with Crippen molar-refractivity contribution in [1.82, 2.24) is 15.3 Å². The Kier molecular flexibility index (Phi) is 6.16. The van der Waals surface area contributed by atoms with Crippen LogP contribution in [0.2, 0.25) is 0 Å². The molecule has 0 bridgehead atoms. The molecule has 0 aliphatic heterocycles. The summed E-state index contributed by atoms with van der Waals surface area (Å²) >= 11 is 0. The molecule has 7 heteroatoms. The van der Waals surface area contributed by atoms with Crippen LogP contribution in [0, 0.1) is 19.7 Å². The summed E-state index contributed by atoms with van der Waals surface area (Å²) in [5, 5.41) is 9.12. The zero-order valence-electron chi connectivity index (χ0n) is 15.8. The molecule has 0 aliphatic carbocycles. The van der Waals surface area contributed by atoms with E-state index in [4.69, 9.17) is 0 Å². The van der Waals surface area contributed by atoms with E-state index in [1.54, 1.807) is 0 Å². The van der Waals surface area contributed by atoms with Gasteiger partial charge in [-0.25, -0.2) is 9.37 Å². The number of nitrogens with zero attached hydrogens (tertiary/aromatic N) is 2. The molecule has 3 aromatic rings. The first-order valence-corrected chi connectivity index (χ1v) is 8.96. The van der Waals surface area contributed by atoms with Crippen LogP contribution in [0.5, 0.6) is 0 Å². The highest BCUT2D eigenvalue weighted by atomic mass is 19.1. The first kappa shape index (κ1) is 19.3. The summed E-state index contributed by atoms with van der Waals surface area (Å²) in [6.45, 7) is 4.77. The highest BCUT2D eigenvalue weighted by Gasteiger charge is 2.06. The zero-order valence-corrected chi connectivity index (χ0v) is 15.8. The van der Waals surface area contributed by atoms with E-state index >= 15 is 0 Å². The number of halogens is 1. The lowest BCUT2D eigenvalue weighted by Crippen LogP contribution is -2.29. The van der Waals surface area contributed by atoms with Crippen molar-refractivity contribution < 1.29 is 9.18 Å². The summed E-state index contributed by atoms with van der Waals surface area (Å²) < 4.78 is 12.9. The molecule has 1 amide bonds. The largest absolute Gasteiger partial charge is 0.352 e. The predicted molar refractivity (Wildman–Crippen MR) is 108 cm³/mol. The van der Waals surface area contributed by atoms with Crippen molar-refractivity contribution in [2.75, 3.05) is 23.7 Å². The molecule has 1 heterocycles. The summed E-state index contributed by atoms with van der Waals surface area (Å²) in [7, 11) is 0. The van der Waals surface area contributed by atoms with Gasteiger partial charge in [-0.05, 0) is 50.2 Å². The van der Waals surface area contributed by atoms with Crippen molar-refractivity contribution in [3.8, 4) is 0 Å². The van der Waals surface area contributed by atoms with Crippen LogP contribution in [-0.2, 0) is 0 Å². The van der Waals surface area contributed by atoms with Crippen LogP contribution in [0.4, 0.5) is 21.8 Å².